The molecule has 156 valence electrons. The quantitative estimate of drug-likeness (QED) is 0.647. The number of nitrogens with zero attached hydrogens (tertiary/aromatic N) is 2. The number of hydrogen-bond donors (Lipinski definition) is 1. The molecule has 3 nitrogen and oxygen atoms in total. The summed E-state index contributed by atoms with van der Waals surface area (Å²) in [5, 5.41) is 11.8. The van der Waals surface area contributed by atoms with Crippen molar-refractivity contribution >= 4 is 22.6 Å². The third-order valence-electron chi connectivity index (χ3n) is 5.87. The van der Waals surface area contributed by atoms with Gasteiger partial charge in [-0.05, 0) is 53.7 Å². The van der Waals surface area contributed by atoms with Gasteiger partial charge in [0.15, 0.2) is 12.7 Å². The van der Waals surface area contributed by atoms with Crippen molar-refractivity contribution in [2.24, 2.45) is 4.99 Å². The summed E-state index contributed by atoms with van der Waals surface area (Å²) in [6.45, 7) is 3.14. The van der Waals surface area contributed by atoms with Crippen molar-refractivity contribution in [3.63, 3.8) is 0 Å². The van der Waals surface area contributed by atoms with Crippen molar-refractivity contribution in [3.8, 4) is 0 Å². The lowest BCUT2D eigenvalue weighted by molar-refractivity contribution is -0.697. The van der Waals surface area contributed by atoms with Gasteiger partial charge >= 0.3 is 0 Å². The minimum absolute atomic E-state index is 0.184. The number of hydrogen-bond acceptors (Lipinski definition) is 2. The van der Waals surface area contributed by atoms with E-state index in [2.05, 4.69) is 95.5 Å². The molecular weight excluding hydrogens is 380 g/mol. The predicted octanol–water partition coefficient (Wildman–Crippen LogP) is 5.29. The topological polar surface area (TPSA) is 36.5 Å². The number of aliphatic imine (C=N–C) groups is 1. The Morgan fingerprint density at radius 1 is 1.13 bits per heavy atom. The largest absolute Gasteiger partial charge is 0.396 e. The third-order valence-corrected chi connectivity index (χ3v) is 5.87. The Labute approximate surface area is 184 Å². The Balaban J connectivity index is 1.88. The Morgan fingerprint density at radius 3 is 2.74 bits per heavy atom. The summed E-state index contributed by atoms with van der Waals surface area (Å²) >= 11 is 0. The fourth-order valence-corrected chi connectivity index (χ4v) is 4.25. The monoisotopic (exact) mass is 409 g/mol. The molecule has 1 aromatic carbocycles. The number of benzene rings is 1. The van der Waals surface area contributed by atoms with Gasteiger partial charge < -0.3 is 5.11 Å². The third kappa shape index (κ3) is 4.42. The molecule has 0 aliphatic heterocycles. The lowest BCUT2D eigenvalue weighted by Crippen LogP contribution is -2.37. The molecule has 0 atom stereocenters. The molecule has 0 bridgehead atoms. The molecule has 2 aliphatic rings. The van der Waals surface area contributed by atoms with Crippen LogP contribution in [0.5, 0.6) is 0 Å². The van der Waals surface area contributed by atoms with Crippen LogP contribution in [0.4, 0.5) is 0 Å². The first-order chi connectivity index (χ1) is 15.2. The number of rotatable bonds is 6. The van der Waals surface area contributed by atoms with Crippen molar-refractivity contribution in [1.82, 2.24) is 0 Å². The Hall–Kier alpha value is -3.30. The summed E-state index contributed by atoms with van der Waals surface area (Å²) in [7, 11) is 1.85. The smallest absolute Gasteiger partial charge is 0.213 e. The molecular formula is C28H29N2O+. The highest BCUT2D eigenvalue weighted by Gasteiger charge is 2.18. The van der Waals surface area contributed by atoms with Crippen LogP contribution in [0, 0.1) is 0 Å². The van der Waals surface area contributed by atoms with Gasteiger partial charge in [-0.15, -0.1) is 0 Å². The molecule has 31 heavy (non-hydrogen) atoms. The van der Waals surface area contributed by atoms with E-state index in [4.69, 9.17) is 0 Å². The van der Waals surface area contributed by atoms with Crippen LogP contribution in [0.3, 0.4) is 0 Å². The average Bonchev–Trinajstić information content (AvgIpc) is 3.24. The minimum Gasteiger partial charge on any atom is -0.396 e. The zero-order valence-corrected chi connectivity index (χ0v) is 18.3. The second-order valence-electron chi connectivity index (χ2n) is 7.81. The fourth-order valence-electron chi connectivity index (χ4n) is 4.25. The summed E-state index contributed by atoms with van der Waals surface area (Å²) in [5.74, 6) is 0. The molecule has 0 unspecified atom stereocenters. The van der Waals surface area contributed by atoms with E-state index in [1.54, 1.807) is 0 Å². The summed E-state index contributed by atoms with van der Waals surface area (Å²) in [5.41, 5.74) is 7.16. The second-order valence-corrected chi connectivity index (χ2v) is 7.81. The standard InChI is InChI=1S/C28H29N2O/c1-21-9-7-13-23(21)25(26-12-5-6-14-27(26)29-2)15-16-28-24-11-4-3-10-22(24)17-19-30(28)18-8-20-31/h3-7,9-12,14-17,19,31H,8,13,18,20H2,1-2H3/q+1/b16-15+,26-25-,29-27?. The van der Waals surface area contributed by atoms with Gasteiger partial charge in [0.2, 0.25) is 5.69 Å². The van der Waals surface area contributed by atoms with Gasteiger partial charge in [-0.3, -0.25) is 4.99 Å². The van der Waals surface area contributed by atoms with Crippen LogP contribution >= 0.6 is 0 Å². The SMILES string of the molecule is CN=C1C=CC=C/C1=C(\C=C\c1c2ccccc2cc[n+]1CCCO)C1=C(C)C=CC1. The van der Waals surface area contributed by atoms with E-state index in [1.807, 2.05) is 13.1 Å². The van der Waals surface area contributed by atoms with Crippen LogP contribution < -0.4 is 4.57 Å². The van der Waals surface area contributed by atoms with Crippen LogP contribution in [0.25, 0.3) is 16.8 Å². The maximum absolute atomic E-state index is 9.37. The molecule has 0 saturated carbocycles. The highest BCUT2D eigenvalue weighted by molar-refractivity contribution is 6.13. The fraction of sp³-hybridized carbons (Fsp3) is 0.214. The highest BCUT2D eigenvalue weighted by Crippen LogP contribution is 2.31. The summed E-state index contributed by atoms with van der Waals surface area (Å²) in [6, 6.07) is 10.6. The van der Waals surface area contributed by atoms with Gasteiger partial charge in [-0.2, -0.15) is 4.57 Å². The first kappa shape index (κ1) is 21.0. The average molecular weight is 410 g/mol. The number of aliphatic hydroxyl groups excluding tert-OH is 1. The highest BCUT2D eigenvalue weighted by atomic mass is 16.3. The molecule has 0 radical (unpaired) electrons. The molecule has 1 N–H and O–H groups in total. The number of allylic oxidation sites excluding steroid dienone is 11. The van der Waals surface area contributed by atoms with E-state index in [9.17, 15) is 5.11 Å². The summed E-state index contributed by atoms with van der Waals surface area (Å²) < 4.78 is 2.23. The van der Waals surface area contributed by atoms with Gasteiger partial charge in [0.25, 0.3) is 0 Å². The number of aromatic nitrogens is 1. The number of fused-ring (bicyclic) bond motifs is 1. The molecule has 3 heteroatoms. The van der Waals surface area contributed by atoms with Gasteiger partial charge in [0, 0.05) is 37.8 Å². The zero-order valence-electron chi connectivity index (χ0n) is 18.3. The van der Waals surface area contributed by atoms with Crippen molar-refractivity contribution in [2.45, 2.75) is 26.3 Å². The van der Waals surface area contributed by atoms with Crippen molar-refractivity contribution in [3.05, 3.63) is 107 Å². The van der Waals surface area contributed by atoms with E-state index in [-0.39, 0.29) is 6.61 Å². The van der Waals surface area contributed by atoms with Crippen molar-refractivity contribution in [2.75, 3.05) is 13.7 Å². The molecule has 2 aromatic rings. The first-order valence-electron chi connectivity index (χ1n) is 10.9. The van der Waals surface area contributed by atoms with Gasteiger partial charge in [-0.25, -0.2) is 0 Å². The van der Waals surface area contributed by atoms with Crippen LogP contribution in [0.1, 0.15) is 25.5 Å². The maximum atomic E-state index is 9.37. The minimum atomic E-state index is 0.184. The van der Waals surface area contributed by atoms with E-state index in [0.717, 1.165) is 36.4 Å². The Morgan fingerprint density at radius 2 is 1.97 bits per heavy atom. The normalized spacial score (nSPS) is 18.9. The molecule has 0 spiro atoms. The second kappa shape index (κ2) is 9.67. The van der Waals surface area contributed by atoms with Gasteiger partial charge in [-0.1, -0.05) is 48.6 Å². The number of pyridine rings is 1. The Bertz CT molecular complexity index is 1200. The van der Waals surface area contributed by atoms with E-state index >= 15 is 0 Å². The van der Waals surface area contributed by atoms with Crippen LogP contribution in [-0.2, 0) is 6.54 Å². The molecule has 4 rings (SSSR count). The zero-order chi connectivity index (χ0) is 21.6. The summed E-state index contributed by atoms with van der Waals surface area (Å²) in [6.07, 6.45) is 21.0. The predicted molar refractivity (Wildman–Crippen MR) is 130 cm³/mol. The van der Waals surface area contributed by atoms with Gasteiger partial charge in [0.05, 0.1) is 11.1 Å². The maximum Gasteiger partial charge on any atom is 0.213 e. The lowest BCUT2D eigenvalue weighted by Gasteiger charge is -2.14. The molecule has 1 aromatic heterocycles. The van der Waals surface area contributed by atoms with E-state index < -0.39 is 0 Å². The number of aryl methyl sites for hydroxylation is 1. The van der Waals surface area contributed by atoms with Crippen molar-refractivity contribution in [1.29, 1.82) is 0 Å². The van der Waals surface area contributed by atoms with E-state index in [0.29, 0.717) is 0 Å². The molecule has 1 heterocycles. The molecule has 0 amide bonds. The molecule has 0 saturated heterocycles. The summed E-state index contributed by atoms with van der Waals surface area (Å²) in [4.78, 5) is 4.52. The Kier molecular flexibility index (Phi) is 6.54. The van der Waals surface area contributed by atoms with Crippen LogP contribution in [-0.4, -0.2) is 24.5 Å². The first-order valence-corrected chi connectivity index (χ1v) is 10.9. The molecule has 0 fully saturated rings. The van der Waals surface area contributed by atoms with Crippen LogP contribution in [0.15, 0.2) is 106 Å². The number of aliphatic hydroxyl groups is 1. The van der Waals surface area contributed by atoms with Crippen molar-refractivity contribution < 1.29 is 9.67 Å². The van der Waals surface area contributed by atoms with Gasteiger partial charge in [0.1, 0.15) is 0 Å². The van der Waals surface area contributed by atoms with E-state index in [1.165, 1.54) is 27.5 Å². The molecule has 2 aliphatic carbocycles. The van der Waals surface area contributed by atoms with Crippen LogP contribution in [0.2, 0.25) is 0 Å². The lowest BCUT2D eigenvalue weighted by atomic mass is 9.91.